The summed E-state index contributed by atoms with van der Waals surface area (Å²) in [7, 11) is 4.29. The third-order valence-corrected chi connectivity index (χ3v) is 3.72. The number of hydrogen-bond acceptors (Lipinski definition) is 4. The lowest BCUT2D eigenvalue weighted by Crippen LogP contribution is -2.50. The molecule has 4 nitrogen and oxygen atoms in total. The van der Waals surface area contributed by atoms with Crippen LogP contribution >= 0.6 is 0 Å². The van der Waals surface area contributed by atoms with Gasteiger partial charge in [0.15, 0.2) is 0 Å². The monoisotopic (exact) mass is 242 g/mol. The lowest BCUT2D eigenvalue weighted by Gasteiger charge is -2.38. The van der Waals surface area contributed by atoms with Crippen molar-refractivity contribution in [2.45, 2.75) is 25.8 Å². The molecule has 0 radical (unpaired) electrons. The summed E-state index contributed by atoms with van der Waals surface area (Å²) in [5.74, 6) is 0. The largest absolute Gasteiger partial charge is 0.330 e. The Balaban J connectivity index is 2.16. The third-order valence-electron chi connectivity index (χ3n) is 3.72. The van der Waals surface area contributed by atoms with Gasteiger partial charge in [0.25, 0.3) is 0 Å². The van der Waals surface area contributed by atoms with Crippen molar-refractivity contribution in [3.8, 4) is 0 Å². The molecule has 0 aromatic carbocycles. The molecule has 1 fully saturated rings. The van der Waals surface area contributed by atoms with Crippen LogP contribution in [-0.2, 0) is 0 Å². The van der Waals surface area contributed by atoms with E-state index in [1.165, 1.54) is 45.7 Å². The van der Waals surface area contributed by atoms with Crippen molar-refractivity contribution in [1.29, 1.82) is 0 Å². The molecular weight excluding hydrogens is 212 g/mol. The average molecular weight is 242 g/mol. The lowest BCUT2D eigenvalue weighted by molar-refractivity contribution is 0.0938. The number of nitrogens with zero attached hydrogens (tertiary/aromatic N) is 3. The maximum absolute atomic E-state index is 5.56. The highest BCUT2D eigenvalue weighted by molar-refractivity contribution is 4.76. The number of piperazine rings is 1. The number of nitrogens with two attached hydrogens (primary N) is 1. The minimum absolute atomic E-state index is 0.703. The van der Waals surface area contributed by atoms with Crippen LogP contribution in [0.15, 0.2) is 0 Å². The molecule has 1 saturated heterocycles. The smallest absolute Gasteiger partial charge is 0.0113 e. The van der Waals surface area contributed by atoms with Crippen molar-refractivity contribution in [1.82, 2.24) is 14.7 Å². The summed E-state index contributed by atoms with van der Waals surface area (Å²) < 4.78 is 0. The Hall–Kier alpha value is -0.160. The molecule has 0 saturated carbocycles. The van der Waals surface area contributed by atoms with Crippen LogP contribution in [0.5, 0.6) is 0 Å². The van der Waals surface area contributed by atoms with E-state index < -0.39 is 0 Å². The van der Waals surface area contributed by atoms with Crippen molar-refractivity contribution in [3.63, 3.8) is 0 Å². The second kappa shape index (κ2) is 8.03. The minimum atomic E-state index is 0.703. The van der Waals surface area contributed by atoms with Crippen LogP contribution in [0.2, 0.25) is 0 Å². The highest BCUT2D eigenvalue weighted by Gasteiger charge is 2.20. The average Bonchev–Trinajstić information content (AvgIpc) is 2.34. The molecule has 4 heteroatoms. The second-order valence-electron chi connectivity index (χ2n) is 5.46. The predicted molar refractivity (Wildman–Crippen MR) is 74.3 cm³/mol. The zero-order chi connectivity index (χ0) is 12.7. The Morgan fingerprint density at radius 2 is 1.82 bits per heavy atom. The van der Waals surface area contributed by atoms with Crippen LogP contribution < -0.4 is 5.73 Å². The van der Waals surface area contributed by atoms with Crippen LogP contribution in [0.25, 0.3) is 0 Å². The van der Waals surface area contributed by atoms with Crippen LogP contribution in [0.1, 0.15) is 19.8 Å². The van der Waals surface area contributed by atoms with Gasteiger partial charge in [0.2, 0.25) is 0 Å². The molecule has 0 bridgehead atoms. The molecule has 1 aliphatic heterocycles. The van der Waals surface area contributed by atoms with E-state index in [4.69, 9.17) is 5.73 Å². The summed E-state index contributed by atoms with van der Waals surface area (Å²) in [6, 6.07) is 0.703. The number of likely N-dealkylation sites (N-methyl/N-ethyl adjacent to an activating group) is 1. The fraction of sp³-hybridized carbons (Fsp3) is 1.00. The van der Waals surface area contributed by atoms with Gasteiger partial charge in [-0.05, 0) is 40.4 Å². The molecule has 1 unspecified atom stereocenters. The first-order valence-corrected chi connectivity index (χ1v) is 6.94. The van der Waals surface area contributed by atoms with Crippen LogP contribution in [0, 0.1) is 0 Å². The van der Waals surface area contributed by atoms with E-state index in [-0.39, 0.29) is 0 Å². The van der Waals surface area contributed by atoms with Crippen molar-refractivity contribution in [3.05, 3.63) is 0 Å². The Morgan fingerprint density at radius 1 is 1.18 bits per heavy atom. The van der Waals surface area contributed by atoms with E-state index in [9.17, 15) is 0 Å². The molecular formula is C13H30N4. The summed E-state index contributed by atoms with van der Waals surface area (Å²) in [6.07, 6.45) is 2.40. The highest BCUT2D eigenvalue weighted by Crippen LogP contribution is 2.10. The molecule has 0 amide bonds. The third kappa shape index (κ3) is 5.82. The van der Waals surface area contributed by atoms with Crippen molar-refractivity contribution < 1.29 is 0 Å². The van der Waals surface area contributed by atoms with Gasteiger partial charge in [-0.2, -0.15) is 0 Å². The van der Waals surface area contributed by atoms with Gasteiger partial charge >= 0.3 is 0 Å². The summed E-state index contributed by atoms with van der Waals surface area (Å²) in [5, 5.41) is 0. The maximum atomic E-state index is 5.56. The Morgan fingerprint density at radius 3 is 2.35 bits per heavy atom. The molecule has 1 atom stereocenters. The zero-order valence-corrected chi connectivity index (χ0v) is 11.9. The first kappa shape index (κ1) is 14.9. The van der Waals surface area contributed by atoms with E-state index in [1.807, 2.05) is 0 Å². The molecule has 1 aliphatic rings. The molecule has 0 aromatic rings. The molecule has 102 valence electrons. The SMILES string of the molecule is CC(CCCN)N1CCN(CCN(C)C)CC1. The molecule has 17 heavy (non-hydrogen) atoms. The van der Waals surface area contributed by atoms with Crippen molar-refractivity contribution >= 4 is 0 Å². The normalized spacial score (nSPS) is 21.0. The molecule has 0 aliphatic carbocycles. The summed E-state index contributed by atoms with van der Waals surface area (Å²) in [5.41, 5.74) is 5.56. The van der Waals surface area contributed by atoms with E-state index in [0.29, 0.717) is 6.04 Å². The van der Waals surface area contributed by atoms with Gasteiger partial charge in [0.05, 0.1) is 0 Å². The lowest BCUT2D eigenvalue weighted by atomic mass is 10.1. The minimum Gasteiger partial charge on any atom is -0.330 e. The van der Waals surface area contributed by atoms with Crippen molar-refractivity contribution in [2.24, 2.45) is 5.73 Å². The first-order chi connectivity index (χ1) is 8.13. The first-order valence-electron chi connectivity index (χ1n) is 6.94. The fourth-order valence-electron chi connectivity index (χ4n) is 2.36. The van der Waals surface area contributed by atoms with Crippen LogP contribution in [0.4, 0.5) is 0 Å². The fourth-order valence-corrected chi connectivity index (χ4v) is 2.36. The van der Waals surface area contributed by atoms with Gasteiger partial charge in [0.1, 0.15) is 0 Å². The van der Waals surface area contributed by atoms with E-state index in [2.05, 4.69) is 35.7 Å². The van der Waals surface area contributed by atoms with Gasteiger partial charge in [-0.3, -0.25) is 9.80 Å². The summed E-state index contributed by atoms with van der Waals surface area (Å²) in [4.78, 5) is 7.45. The van der Waals surface area contributed by atoms with Gasteiger partial charge in [0, 0.05) is 45.3 Å². The Kier molecular flexibility index (Phi) is 7.04. The zero-order valence-electron chi connectivity index (χ0n) is 11.9. The quantitative estimate of drug-likeness (QED) is 0.696. The highest BCUT2D eigenvalue weighted by atomic mass is 15.3. The number of hydrogen-bond donors (Lipinski definition) is 1. The molecule has 1 heterocycles. The maximum Gasteiger partial charge on any atom is 0.0113 e. The molecule has 0 spiro atoms. The molecule has 0 aromatic heterocycles. The molecule has 2 N–H and O–H groups in total. The van der Waals surface area contributed by atoms with Gasteiger partial charge in [-0.1, -0.05) is 0 Å². The van der Waals surface area contributed by atoms with E-state index in [0.717, 1.165) is 13.0 Å². The van der Waals surface area contributed by atoms with Crippen molar-refractivity contribution in [2.75, 3.05) is 59.9 Å². The Bertz CT molecular complexity index is 188. The van der Waals surface area contributed by atoms with E-state index in [1.54, 1.807) is 0 Å². The van der Waals surface area contributed by atoms with Crippen LogP contribution in [0.3, 0.4) is 0 Å². The standard InChI is InChI=1S/C13H30N4/c1-13(5-4-6-14)17-11-9-16(10-12-17)8-7-15(2)3/h13H,4-12,14H2,1-3H3. The van der Waals surface area contributed by atoms with Gasteiger partial charge < -0.3 is 10.6 Å². The Labute approximate surface area is 107 Å². The second-order valence-corrected chi connectivity index (χ2v) is 5.46. The van der Waals surface area contributed by atoms with Gasteiger partial charge in [-0.15, -0.1) is 0 Å². The predicted octanol–water partition coefficient (Wildman–Crippen LogP) is 0.293. The van der Waals surface area contributed by atoms with E-state index >= 15 is 0 Å². The van der Waals surface area contributed by atoms with Crippen LogP contribution in [-0.4, -0.2) is 80.7 Å². The number of rotatable bonds is 7. The topological polar surface area (TPSA) is 35.7 Å². The summed E-state index contributed by atoms with van der Waals surface area (Å²) >= 11 is 0. The van der Waals surface area contributed by atoms with Gasteiger partial charge in [-0.25, -0.2) is 0 Å². The summed E-state index contributed by atoms with van der Waals surface area (Å²) in [6.45, 7) is 10.4. The molecule has 1 rings (SSSR count).